The summed E-state index contributed by atoms with van der Waals surface area (Å²) in [5.41, 5.74) is 13.2. The number of benzene rings is 4. The monoisotopic (exact) mass is 617 g/mol. The van der Waals surface area contributed by atoms with E-state index < -0.39 is 0 Å². The molecule has 0 aliphatic heterocycles. The molecular formula is C45H63N. The highest BCUT2D eigenvalue weighted by Gasteiger charge is 2.06. The van der Waals surface area contributed by atoms with Crippen molar-refractivity contribution in [2.45, 2.75) is 81.6 Å². The molecule has 1 heteroatoms. The molecular weight excluding hydrogens is 555 g/mol. The summed E-state index contributed by atoms with van der Waals surface area (Å²) in [6.07, 6.45) is 18.1. The van der Waals surface area contributed by atoms with Crippen molar-refractivity contribution in [1.82, 2.24) is 0 Å². The van der Waals surface area contributed by atoms with Crippen LogP contribution in [-0.4, -0.2) is 6.54 Å². The third-order valence-corrected chi connectivity index (χ3v) is 5.89. The van der Waals surface area contributed by atoms with Crippen molar-refractivity contribution >= 4 is 5.57 Å². The van der Waals surface area contributed by atoms with Gasteiger partial charge in [-0.25, -0.2) is 0 Å². The van der Waals surface area contributed by atoms with Crippen LogP contribution in [0.3, 0.4) is 0 Å². The van der Waals surface area contributed by atoms with Gasteiger partial charge in [0, 0.05) is 6.54 Å². The lowest BCUT2D eigenvalue weighted by Gasteiger charge is -2.10. The van der Waals surface area contributed by atoms with Gasteiger partial charge in [0.2, 0.25) is 0 Å². The molecule has 0 fully saturated rings. The number of nitrogens with two attached hydrogens (primary N) is 1. The van der Waals surface area contributed by atoms with E-state index in [1.807, 2.05) is 71.0 Å². The van der Waals surface area contributed by atoms with E-state index in [2.05, 4.69) is 149 Å². The smallest absolute Gasteiger partial charge is 0.0110 e. The van der Waals surface area contributed by atoms with E-state index in [4.69, 9.17) is 5.73 Å². The average molecular weight is 618 g/mol. The second-order valence-corrected chi connectivity index (χ2v) is 9.63. The molecule has 0 unspecified atom stereocenters. The fourth-order valence-corrected chi connectivity index (χ4v) is 3.86. The Morgan fingerprint density at radius 1 is 0.630 bits per heavy atom. The maximum Gasteiger partial charge on any atom is 0.0110 e. The molecule has 248 valence electrons. The molecule has 0 bridgehead atoms. The number of hydrogen-bond acceptors (Lipinski definition) is 1. The fraction of sp³-hybridized carbons (Fsp3) is 0.289. The average Bonchev–Trinajstić information content (AvgIpc) is 3.12. The molecule has 0 aliphatic rings. The lowest BCUT2D eigenvalue weighted by atomic mass is 9.94. The van der Waals surface area contributed by atoms with Gasteiger partial charge >= 0.3 is 0 Å². The quantitative estimate of drug-likeness (QED) is 0.196. The highest BCUT2D eigenvalue weighted by Crippen LogP contribution is 2.29. The van der Waals surface area contributed by atoms with E-state index in [0.29, 0.717) is 6.54 Å². The molecule has 0 saturated heterocycles. The Balaban J connectivity index is 0. The van der Waals surface area contributed by atoms with Crippen LogP contribution in [0, 0.1) is 6.92 Å². The van der Waals surface area contributed by atoms with Gasteiger partial charge in [-0.3, -0.25) is 0 Å². The minimum Gasteiger partial charge on any atom is -0.327 e. The number of allylic oxidation sites excluding steroid dienone is 7. The maximum absolute atomic E-state index is 5.54. The predicted octanol–water partition coefficient (Wildman–Crippen LogP) is 13.5. The van der Waals surface area contributed by atoms with Crippen LogP contribution in [0.25, 0.3) is 16.7 Å². The minimum absolute atomic E-state index is 0.560. The molecule has 0 spiro atoms. The second kappa shape index (κ2) is 33.7. The molecule has 1 nitrogen and oxygen atoms in total. The molecule has 46 heavy (non-hydrogen) atoms. The molecule has 4 aromatic carbocycles. The summed E-state index contributed by atoms with van der Waals surface area (Å²) in [7, 11) is 0. The first-order valence-electron chi connectivity index (χ1n) is 17.1. The first kappa shape index (κ1) is 43.9. The van der Waals surface area contributed by atoms with Crippen molar-refractivity contribution in [2.24, 2.45) is 5.73 Å². The zero-order valence-corrected chi connectivity index (χ0v) is 30.4. The minimum atomic E-state index is 0.560. The topological polar surface area (TPSA) is 26.0 Å². The first-order valence-corrected chi connectivity index (χ1v) is 17.1. The second-order valence-electron chi connectivity index (χ2n) is 9.63. The summed E-state index contributed by atoms with van der Waals surface area (Å²) in [6.45, 7) is 19.0. The maximum atomic E-state index is 5.54. The number of hydrogen-bond donors (Lipinski definition) is 1. The summed E-state index contributed by atoms with van der Waals surface area (Å²) in [5.74, 6) is 0. The molecule has 0 atom stereocenters. The molecule has 0 saturated carbocycles. The Kier molecular flexibility index (Phi) is 32.2. The Hall–Kier alpha value is -4.20. The SMILES string of the molecule is C/C=C(\C=C/CN)c1ccccc1-c1ccccc1.C/C=C\C=C/CCc1ccccc1.CC.CC.CCC.Cc1ccccc1. The van der Waals surface area contributed by atoms with E-state index in [1.165, 1.54) is 39.8 Å². The normalized spacial score (nSPS) is 10.2. The van der Waals surface area contributed by atoms with Crippen LogP contribution in [0.2, 0.25) is 0 Å². The largest absolute Gasteiger partial charge is 0.327 e. The van der Waals surface area contributed by atoms with Gasteiger partial charge in [0.15, 0.2) is 0 Å². The summed E-state index contributed by atoms with van der Waals surface area (Å²) < 4.78 is 0. The fourth-order valence-electron chi connectivity index (χ4n) is 3.86. The summed E-state index contributed by atoms with van der Waals surface area (Å²) in [4.78, 5) is 0. The Morgan fingerprint density at radius 3 is 1.61 bits per heavy atom. The highest BCUT2D eigenvalue weighted by atomic mass is 14.5. The Morgan fingerprint density at radius 2 is 1.13 bits per heavy atom. The molecule has 0 aromatic heterocycles. The van der Waals surface area contributed by atoms with E-state index in [1.54, 1.807) is 0 Å². The third kappa shape index (κ3) is 22.3. The van der Waals surface area contributed by atoms with E-state index in [9.17, 15) is 0 Å². The molecule has 0 aliphatic carbocycles. The van der Waals surface area contributed by atoms with Crippen molar-refractivity contribution in [2.75, 3.05) is 6.54 Å². The highest BCUT2D eigenvalue weighted by molar-refractivity contribution is 5.85. The van der Waals surface area contributed by atoms with Gasteiger partial charge in [-0.05, 0) is 61.4 Å². The van der Waals surface area contributed by atoms with Crippen molar-refractivity contribution in [1.29, 1.82) is 0 Å². The van der Waals surface area contributed by atoms with Crippen LogP contribution in [-0.2, 0) is 6.42 Å². The first-order chi connectivity index (χ1) is 22.6. The summed E-state index contributed by atoms with van der Waals surface area (Å²) in [6, 6.07) is 39.7. The van der Waals surface area contributed by atoms with E-state index in [-0.39, 0.29) is 0 Å². The lowest BCUT2D eigenvalue weighted by molar-refractivity contribution is 1.00. The van der Waals surface area contributed by atoms with Gasteiger partial charge in [-0.1, -0.05) is 211 Å². The van der Waals surface area contributed by atoms with Crippen LogP contribution in [0.15, 0.2) is 158 Å². The predicted molar refractivity (Wildman–Crippen MR) is 212 cm³/mol. The molecule has 0 radical (unpaired) electrons. The summed E-state index contributed by atoms with van der Waals surface area (Å²) in [5, 5.41) is 0. The number of rotatable bonds is 8. The van der Waals surface area contributed by atoms with Crippen molar-refractivity contribution in [3.05, 3.63) is 174 Å². The van der Waals surface area contributed by atoms with Crippen LogP contribution in [0.5, 0.6) is 0 Å². The van der Waals surface area contributed by atoms with Crippen LogP contribution >= 0.6 is 0 Å². The molecule has 2 N–H and O–H groups in total. The Bertz CT molecular complexity index is 1300. The zero-order chi connectivity index (χ0) is 34.7. The van der Waals surface area contributed by atoms with E-state index in [0.717, 1.165) is 12.8 Å². The van der Waals surface area contributed by atoms with Gasteiger partial charge in [0.05, 0.1) is 0 Å². The van der Waals surface area contributed by atoms with Crippen LogP contribution < -0.4 is 5.73 Å². The van der Waals surface area contributed by atoms with Gasteiger partial charge in [0.25, 0.3) is 0 Å². The van der Waals surface area contributed by atoms with Crippen molar-refractivity contribution in [3.8, 4) is 11.1 Å². The van der Waals surface area contributed by atoms with Gasteiger partial charge < -0.3 is 5.73 Å². The van der Waals surface area contributed by atoms with E-state index >= 15 is 0 Å². The summed E-state index contributed by atoms with van der Waals surface area (Å²) >= 11 is 0. The third-order valence-electron chi connectivity index (χ3n) is 5.89. The number of aryl methyl sites for hydroxylation is 2. The molecule has 4 rings (SSSR count). The molecule has 4 aromatic rings. The van der Waals surface area contributed by atoms with Crippen LogP contribution in [0.1, 0.15) is 84.9 Å². The lowest BCUT2D eigenvalue weighted by Crippen LogP contribution is -1.93. The van der Waals surface area contributed by atoms with Gasteiger partial charge in [0.1, 0.15) is 0 Å². The molecule has 0 heterocycles. The van der Waals surface area contributed by atoms with Crippen molar-refractivity contribution in [3.63, 3.8) is 0 Å². The Labute approximate surface area is 284 Å². The molecule has 0 amide bonds. The van der Waals surface area contributed by atoms with Crippen molar-refractivity contribution < 1.29 is 0 Å². The van der Waals surface area contributed by atoms with Crippen LogP contribution in [0.4, 0.5) is 0 Å². The van der Waals surface area contributed by atoms with Gasteiger partial charge in [-0.2, -0.15) is 0 Å². The standard InChI is InChI=1S/C18H19N.C13H16.C7H8.C3H8.2C2H6/c1-2-15(11-8-14-19)17-12-6-7-13-18(17)16-9-4-3-5-10-16;1-2-3-4-5-7-10-13-11-8-6-9-12-13;1-7-5-3-2-4-6-7;1-3-2;2*1-2/h2-13H,14,19H2,1H3;2-6,8-9,11-12H,7,10H2,1H3;2-6H,1H3;3H2,1-2H3;2*1-2H3/b11-8-,15-2+;3-2-,5-4-;;;;. The van der Waals surface area contributed by atoms with Gasteiger partial charge in [-0.15, -0.1) is 0 Å². The zero-order valence-electron chi connectivity index (χ0n) is 30.4.